The largest absolute Gasteiger partial charge is 0.508 e. The number of carbonyl (C=O) groups is 1. The monoisotopic (exact) mass is 385 g/mol. The minimum atomic E-state index is -0.503. The summed E-state index contributed by atoms with van der Waals surface area (Å²) in [6.07, 6.45) is 3.00. The highest BCUT2D eigenvalue weighted by Gasteiger charge is 2.32. The first-order valence-corrected chi connectivity index (χ1v) is 8.52. The number of rotatable bonds is 4. The number of phenolic OH excluding ortho intramolecular Hbond substituents is 1. The molecule has 7 nitrogen and oxygen atoms in total. The third-order valence-electron chi connectivity index (χ3n) is 3.37. The number of aromatic hydroxyl groups is 1. The van der Waals surface area contributed by atoms with Gasteiger partial charge < -0.3 is 5.11 Å². The number of hydrogen-bond donors (Lipinski definition) is 1. The van der Waals surface area contributed by atoms with Gasteiger partial charge in [-0.1, -0.05) is 36.0 Å². The molecule has 0 spiro atoms. The third-order valence-corrected chi connectivity index (χ3v) is 4.65. The van der Waals surface area contributed by atoms with E-state index in [1.54, 1.807) is 24.3 Å². The quantitative estimate of drug-likeness (QED) is 0.284. The summed E-state index contributed by atoms with van der Waals surface area (Å²) in [5.41, 5.74) is 1.16. The lowest BCUT2D eigenvalue weighted by atomic mass is 10.2. The topological polar surface area (TPSA) is 96.0 Å². The second-order valence-electron chi connectivity index (χ2n) is 5.18. The number of nitro benzene ring substituents is 1. The smallest absolute Gasteiger partial charge is 0.286 e. The van der Waals surface area contributed by atoms with Crippen molar-refractivity contribution < 1.29 is 14.8 Å². The Morgan fingerprint density at radius 2 is 1.92 bits per heavy atom. The van der Waals surface area contributed by atoms with Gasteiger partial charge in [-0.15, -0.1) is 0 Å². The summed E-state index contributed by atoms with van der Waals surface area (Å²) in [5.74, 6) is -0.244. The number of thiocarbonyl (C=S) groups is 1. The number of hydrogen-bond acceptors (Lipinski definition) is 7. The van der Waals surface area contributed by atoms with Crippen molar-refractivity contribution in [2.75, 3.05) is 0 Å². The number of benzene rings is 2. The summed E-state index contributed by atoms with van der Waals surface area (Å²) in [4.78, 5) is 23.2. The lowest BCUT2D eigenvalue weighted by Crippen LogP contribution is -2.22. The number of nitro groups is 1. The van der Waals surface area contributed by atoms with Gasteiger partial charge in [-0.25, -0.2) is 0 Å². The van der Waals surface area contributed by atoms with Crippen LogP contribution in [0.25, 0.3) is 6.08 Å². The summed E-state index contributed by atoms with van der Waals surface area (Å²) in [6, 6.07) is 12.3. The van der Waals surface area contributed by atoms with Crippen LogP contribution in [0.1, 0.15) is 11.1 Å². The zero-order valence-electron chi connectivity index (χ0n) is 13.1. The van der Waals surface area contributed by atoms with Crippen LogP contribution in [0.4, 0.5) is 5.69 Å². The van der Waals surface area contributed by atoms with Crippen LogP contribution < -0.4 is 0 Å². The Bertz CT molecular complexity index is 955. The molecule has 0 unspecified atom stereocenters. The lowest BCUT2D eigenvalue weighted by molar-refractivity contribution is -0.384. The van der Waals surface area contributed by atoms with Gasteiger partial charge in [0.05, 0.1) is 16.0 Å². The first-order chi connectivity index (χ1) is 12.4. The standard InChI is InChI=1S/C17H11N3O4S2/c21-14-6-4-11(5-7-14)9-15-16(22)19(17(25)26-15)18-10-12-2-1-3-13(8-12)20(23)24/h1-10,21H/b15-9+,18-10+. The number of nitrogens with zero attached hydrogens (tertiary/aromatic N) is 3. The van der Waals surface area contributed by atoms with Crippen molar-refractivity contribution in [3.63, 3.8) is 0 Å². The van der Waals surface area contributed by atoms with Gasteiger partial charge in [0.2, 0.25) is 0 Å². The molecule has 1 aliphatic heterocycles. The van der Waals surface area contributed by atoms with E-state index in [0.717, 1.165) is 22.3 Å². The number of phenols is 1. The van der Waals surface area contributed by atoms with Crippen molar-refractivity contribution >= 4 is 52.2 Å². The van der Waals surface area contributed by atoms with Crippen LogP contribution >= 0.6 is 24.0 Å². The third kappa shape index (κ3) is 3.95. The number of thioether (sulfide) groups is 1. The normalized spacial score (nSPS) is 16.0. The van der Waals surface area contributed by atoms with E-state index in [1.165, 1.54) is 36.5 Å². The highest BCUT2D eigenvalue weighted by Crippen LogP contribution is 2.33. The maximum absolute atomic E-state index is 12.5. The SMILES string of the molecule is O=C1/C(=C\c2ccc(O)cc2)SC(=S)N1/N=C/c1cccc([N+](=O)[O-])c1. The molecular formula is C17H11N3O4S2. The van der Waals surface area contributed by atoms with E-state index in [2.05, 4.69) is 5.10 Å². The number of non-ortho nitro benzene ring substituents is 1. The Labute approximate surface area is 157 Å². The van der Waals surface area contributed by atoms with Crippen molar-refractivity contribution in [1.82, 2.24) is 5.01 Å². The van der Waals surface area contributed by atoms with E-state index < -0.39 is 4.92 Å². The summed E-state index contributed by atoms with van der Waals surface area (Å²) < 4.78 is 0.265. The number of amides is 1. The molecule has 1 aliphatic rings. The van der Waals surface area contributed by atoms with Gasteiger partial charge in [0, 0.05) is 17.7 Å². The molecule has 1 amide bonds. The summed E-state index contributed by atoms with van der Waals surface area (Å²) >= 11 is 6.29. The van der Waals surface area contributed by atoms with Crippen LogP contribution in [0.15, 0.2) is 58.5 Å². The minimum Gasteiger partial charge on any atom is -0.508 e. The van der Waals surface area contributed by atoms with Gasteiger partial charge in [0.25, 0.3) is 11.6 Å². The Balaban J connectivity index is 1.80. The molecule has 1 heterocycles. The van der Waals surface area contributed by atoms with Gasteiger partial charge in [-0.05, 0) is 36.0 Å². The van der Waals surface area contributed by atoms with Gasteiger partial charge in [-0.3, -0.25) is 14.9 Å². The lowest BCUT2D eigenvalue weighted by Gasteiger charge is -2.06. The molecule has 9 heteroatoms. The molecule has 0 saturated carbocycles. The number of carbonyl (C=O) groups excluding carboxylic acids is 1. The predicted octanol–water partition coefficient (Wildman–Crippen LogP) is 3.54. The second kappa shape index (κ2) is 7.46. The zero-order valence-corrected chi connectivity index (χ0v) is 14.7. The Morgan fingerprint density at radius 3 is 2.62 bits per heavy atom. The molecule has 1 fully saturated rings. The van der Waals surface area contributed by atoms with Crippen LogP contribution in [0.5, 0.6) is 5.75 Å². The molecular weight excluding hydrogens is 374 g/mol. The van der Waals surface area contributed by atoms with E-state index in [1.807, 2.05) is 0 Å². The Kier molecular flexibility index (Phi) is 5.10. The van der Waals surface area contributed by atoms with E-state index in [-0.39, 0.29) is 21.7 Å². The average Bonchev–Trinajstić information content (AvgIpc) is 2.89. The fraction of sp³-hybridized carbons (Fsp3) is 0. The van der Waals surface area contributed by atoms with Crippen LogP contribution in [-0.2, 0) is 4.79 Å². The summed E-state index contributed by atoms with van der Waals surface area (Å²) in [5, 5.41) is 25.2. The Hall–Kier alpha value is -3.04. The van der Waals surface area contributed by atoms with Gasteiger partial charge in [0.1, 0.15) is 5.75 Å². The van der Waals surface area contributed by atoms with Crippen LogP contribution in [0.3, 0.4) is 0 Å². The first kappa shape index (κ1) is 17.8. The Morgan fingerprint density at radius 1 is 1.19 bits per heavy atom. The van der Waals surface area contributed by atoms with E-state index >= 15 is 0 Å². The molecule has 0 bridgehead atoms. The van der Waals surface area contributed by atoms with Crippen molar-refractivity contribution in [2.45, 2.75) is 0 Å². The van der Waals surface area contributed by atoms with E-state index in [0.29, 0.717) is 10.5 Å². The molecule has 0 aromatic heterocycles. The van der Waals surface area contributed by atoms with E-state index in [9.17, 15) is 20.0 Å². The summed E-state index contributed by atoms with van der Waals surface area (Å²) in [6.45, 7) is 0. The molecule has 3 rings (SSSR count). The molecule has 1 N–H and O–H groups in total. The molecule has 130 valence electrons. The number of hydrazone groups is 1. The van der Waals surface area contributed by atoms with Crippen LogP contribution in [-0.4, -0.2) is 31.5 Å². The van der Waals surface area contributed by atoms with Crippen molar-refractivity contribution in [3.05, 3.63) is 74.7 Å². The molecule has 0 aliphatic carbocycles. The maximum atomic E-state index is 12.5. The maximum Gasteiger partial charge on any atom is 0.286 e. The molecule has 0 radical (unpaired) electrons. The fourth-order valence-corrected chi connectivity index (χ4v) is 3.30. The minimum absolute atomic E-state index is 0.0634. The predicted molar refractivity (Wildman–Crippen MR) is 104 cm³/mol. The molecule has 2 aromatic rings. The highest BCUT2D eigenvalue weighted by atomic mass is 32.2. The van der Waals surface area contributed by atoms with Crippen LogP contribution in [0.2, 0.25) is 0 Å². The first-order valence-electron chi connectivity index (χ1n) is 7.29. The van der Waals surface area contributed by atoms with Crippen molar-refractivity contribution in [1.29, 1.82) is 0 Å². The fourth-order valence-electron chi connectivity index (χ4n) is 2.12. The van der Waals surface area contributed by atoms with Gasteiger partial charge >= 0.3 is 0 Å². The van der Waals surface area contributed by atoms with Crippen LogP contribution in [0, 0.1) is 10.1 Å². The molecule has 1 saturated heterocycles. The van der Waals surface area contributed by atoms with Crippen molar-refractivity contribution in [3.8, 4) is 5.75 Å². The van der Waals surface area contributed by atoms with Gasteiger partial charge in [0.15, 0.2) is 4.32 Å². The van der Waals surface area contributed by atoms with Crippen molar-refractivity contribution in [2.24, 2.45) is 5.10 Å². The summed E-state index contributed by atoms with van der Waals surface area (Å²) in [7, 11) is 0. The molecule has 0 atom stereocenters. The van der Waals surface area contributed by atoms with E-state index in [4.69, 9.17) is 12.2 Å². The van der Waals surface area contributed by atoms with Gasteiger partial charge in [-0.2, -0.15) is 10.1 Å². The molecule has 2 aromatic carbocycles. The zero-order chi connectivity index (χ0) is 18.7. The second-order valence-corrected chi connectivity index (χ2v) is 6.86. The average molecular weight is 385 g/mol. The highest BCUT2D eigenvalue weighted by molar-refractivity contribution is 8.26. The molecule has 26 heavy (non-hydrogen) atoms.